The van der Waals surface area contributed by atoms with E-state index in [9.17, 15) is 43.2 Å². The van der Waals surface area contributed by atoms with Gasteiger partial charge < -0.3 is 33.8 Å². The highest BCUT2D eigenvalue weighted by Crippen LogP contribution is 2.45. The molecule has 0 aromatic rings. The van der Waals surface area contributed by atoms with E-state index < -0.39 is 97.5 Å². The van der Waals surface area contributed by atoms with E-state index in [4.69, 9.17) is 37.0 Å². The minimum absolute atomic E-state index is 0.105. The van der Waals surface area contributed by atoms with Crippen molar-refractivity contribution in [3.05, 3.63) is 0 Å². The van der Waals surface area contributed by atoms with Gasteiger partial charge in [-0.2, -0.15) is 0 Å². The lowest BCUT2D eigenvalue weighted by molar-refractivity contribution is -0.161. The average Bonchev–Trinajstić information content (AvgIpc) is 3.65. The van der Waals surface area contributed by atoms with Gasteiger partial charge in [0.05, 0.1) is 26.4 Å². The summed E-state index contributed by atoms with van der Waals surface area (Å²) in [5.74, 6) is -1.40. The summed E-state index contributed by atoms with van der Waals surface area (Å²) in [6, 6.07) is 0. The summed E-state index contributed by atoms with van der Waals surface area (Å²) in [7, 11) is -9.88. The fourth-order valence-electron chi connectivity index (χ4n) is 9.76. The van der Waals surface area contributed by atoms with Crippen LogP contribution in [0.25, 0.3) is 0 Å². The van der Waals surface area contributed by atoms with E-state index in [1.165, 1.54) is 148 Å². The smallest absolute Gasteiger partial charge is 0.462 e. The van der Waals surface area contributed by atoms with Crippen molar-refractivity contribution >= 4 is 39.5 Å². The Balaban J connectivity index is 5.14. The molecule has 498 valence electrons. The van der Waals surface area contributed by atoms with Crippen molar-refractivity contribution in [3.8, 4) is 0 Å². The molecule has 0 aliphatic heterocycles. The molecule has 19 heteroatoms. The van der Waals surface area contributed by atoms with Gasteiger partial charge in [-0.1, -0.05) is 279 Å². The van der Waals surface area contributed by atoms with Crippen LogP contribution >= 0.6 is 15.6 Å². The van der Waals surface area contributed by atoms with Gasteiger partial charge >= 0.3 is 39.5 Å². The summed E-state index contributed by atoms with van der Waals surface area (Å²) < 4.78 is 67.8. The minimum Gasteiger partial charge on any atom is -0.462 e. The monoisotopic (exact) mass is 1240 g/mol. The number of unbranched alkanes of at least 4 members (excludes halogenated alkanes) is 37. The minimum atomic E-state index is -4.94. The Morgan fingerprint density at radius 3 is 0.810 bits per heavy atom. The Labute approximate surface area is 511 Å². The molecule has 0 aliphatic carbocycles. The van der Waals surface area contributed by atoms with Crippen LogP contribution in [0.5, 0.6) is 0 Å². The molecule has 5 atom stereocenters. The number of esters is 4. The van der Waals surface area contributed by atoms with E-state index in [-0.39, 0.29) is 25.7 Å². The molecule has 0 fully saturated rings. The van der Waals surface area contributed by atoms with Crippen molar-refractivity contribution in [2.45, 2.75) is 348 Å². The van der Waals surface area contributed by atoms with Gasteiger partial charge in [0.25, 0.3) is 0 Å². The molecule has 0 saturated carbocycles. The molecule has 0 bridgehead atoms. The standard InChI is InChI=1S/C65H126O17P2/c1-6-9-12-15-17-19-20-21-22-23-24-25-26-27-31-36-41-46-51-65(70)82-61(55-76-63(68)49-44-39-34-32-28-30-33-38-42-47-58(4)5)57-80-84(73,74)78-53-59(66)52-77-83(71,72)79-56-60(54-75-62(67)48-43-37-14-11-8-3)81-64(69)50-45-40-35-29-18-16-13-10-7-2/h58-61,66H,6-57H2,1-5H3,(H,71,72)(H,73,74)/t59-,60+,61+/m0/s1. The third kappa shape index (κ3) is 59.0. The Morgan fingerprint density at radius 1 is 0.321 bits per heavy atom. The van der Waals surface area contributed by atoms with E-state index in [2.05, 4.69) is 34.6 Å². The van der Waals surface area contributed by atoms with Crippen molar-refractivity contribution in [1.29, 1.82) is 0 Å². The van der Waals surface area contributed by atoms with Crippen LogP contribution in [0.1, 0.15) is 330 Å². The molecule has 2 unspecified atom stereocenters. The summed E-state index contributed by atoms with van der Waals surface area (Å²) >= 11 is 0. The molecule has 0 rings (SSSR count). The fraction of sp³-hybridized carbons (Fsp3) is 0.938. The highest BCUT2D eigenvalue weighted by atomic mass is 31.2. The largest absolute Gasteiger partial charge is 0.472 e. The molecule has 0 amide bonds. The van der Waals surface area contributed by atoms with Crippen molar-refractivity contribution in [2.75, 3.05) is 39.6 Å². The van der Waals surface area contributed by atoms with E-state index in [1.54, 1.807) is 0 Å². The Kier molecular flexibility index (Phi) is 57.4. The highest BCUT2D eigenvalue weighted by molar-refractivity contribution is 7.47. The van der Waals surface area contributed by atoms with Crippen molar-refractivity contribution in [1.82, 2.24) is 0 Å². The maximum atomic E-state index is 13.0. The second kappa shape index (κ2) is 58.7. The van der Waals surface area contributed by atoms with Crippen LogP contribution in [-0.2, 0) is 65.4 Å². The van der Waals surface area contributed by atoms with E-state index >= 15 is 0 Å². The molecule has 0 aromatic carbocycles. The van der Waals surface area contributed by atoms with Gasteiger partial charge in [-0.3, -0.25) is 37.3 Å². The number of hydrogen-bond acceptors (Lipinski definition) is 15. The second-order valence-electron chi connectivity index (χ2n) is 24.0. The van der Waals surface area contributed by atoms with Gasteiger partial charge in [-0.05, 0) is 31.6 Å². The highest BCUT2D eigenvalue weighted by Gasteiger charge is 2.30. The van der Waals surface area contributed by atoms with Crippen LogP contribution in [0, 0.1) is 5.92 Å². The first-order valence-electron chi connectivity index (χ1n) is 34.1. The molecule has 0 aromatic heterocycles. The van der Waals surface area contributed by atoms with Crippen LogP contribution in [0.15, 0.2) is 0 Å². The van der Waals surface area contributed by atoms with Crippen LogP contribution in [0.2, 0.25) is 0 Å². The van der Waals surface area contributed by atoms with E-state index in [0.717, 1.165) is 102 Å². The summed E-state index contributed by atoms with van der Waals surface area (Å²) in [6.07, 6.45) is 43.5. The zero-order valence-electron chi connectivity index (χ0n) is 54.0. The molecule has 17 nitrogen and oxygen atoms in total. The Hall–Kier alpha value is -1.94. The summed E-state index contributed by atoms with van der Waals surface area (Å²) in [5.41, 5.74) is 0. The zero-order valence-corrected chi connectivity index (χ0v) is 55.8. The lowest BCUT2D eigenvalue weighted by Gasteiger charge is -2.21. The molecular formula is C65H126O17P2. The van der Waals surface area contributed by atoms with Crippen LogP contribution in [0.4, 0.5) is 0 Å². The number of phosphoric ester groups is 2. The Morgan fingerprint density at radius 2 is 0.548 bits per heavy atom. The number of aliphatic hydroxyl groups is 1. The second-order valence-corrected chi connectivity index (χ2v) is 26.9. The van der Waals surface area contributed by atoms with E-state index in [0.29, 0.717) is 25.7 Å². The summed E-state index contributed by atoms with van der Waals surface area (Å²) in [5, 5.41) is 10.5. The predicted octanol–water partition coefficient (Wildman–Crippen LogP) is 18.2. The number of ether oxygens (including phenoxy) is 4. The average molecular weight is 1240 g/mol. The lowest BCUT2D eigenvalue weighted by atomic mass is 10.0. The van der Waals surface area contributed by atoms with Crippen molar-refractivity contribution in [3.63, 3.8) is 0 Å². The SMILES string of the molecule is CCCCCCCCCCCCCCCCCCCCC(=O)O[C@H](COC(=O)CCCCCCCCCCCC(C)C)COP(=O)(O)OC[C@@H](O)COP(=O)(O)OC[C@@H](COC(=O)CCCCCCC)OC(=O)CCCCCCCCCCC. The fourth-order valence-corrected chi connectivity index (χ4v) is 11.3. The van der Waals surface area contributed by atoms with Gasteiger partial charge in [0, 0.05) is 25.7 Å². The molecule has 0 saturated heterocycles. The number of carbonyl (C=O) groups is 4. The molecular weight excluding hydrogens is 1110 g/mol. The number of carbonyl (C=O) groups excluding carboxylic acids is 4. The first-order valence-corrected chi connectivity index (χ1v) is 37.1. The molecule has 0 radical (unpaired) electrons. The maximum absolute atomic E-state index is 13.0. The van der Waals surface area contributed by atoms with Gasteiger partial charge in [-0.15, -0.1) is 0 Å². The normalized spacial score (nSPS) is 14.2. The molecule has 84 heavy (non-hydrogen) atoms. The first-order chi connectivity index (χ1) is 40.5. The number of phosphoric acid groups is 2. The Bertz CT molecular complexity index is 1640. The number of rotatable bonds is 65. The van der Waals surface area contributed by atoms with Crippen molar-refractivity contribution in [2.24, 2.45) is 5.92 Å². The molecule has 0 aliphatic rings. The molecule has 0 spiro atoms. The molecule has 3 N–H and O–H groups in total. The summed E-state index contributed by atoms with van der Waals surface area (Å²) in [6.45, 7) is 7.08. The van der Waals surface area contributed by atoms with Gasteiger partial charge in [-0.25, -0.2) is 9.13 Å². The lowest BCUT2D eigenvalue weighted by Crippen LogP contribution is -2.30. The quantitative estimate of drug-likeness (QED) is 0.0222. The third-order valence-electron chi connectivity index (χ3n) is 15.0. The van der Waals surface area contributed by atoms with Gasteiger partial charge in [0.1, 0.15) is 19.3 Å². The van der Waals surface area contributed by atoms with Crippen LogP contribution < -0.4 is 0 Å². The van der Waals surface area contributed by atoms with Gasteiger partial charge in [0.15, 0.2) is 12.2 Å². The summed E-state index contributed by atoms with van der Waals surface area (Å²) in [4.78, 5) is 72.0. The number of hydrogen-bond donors (Lipinski definition) is 3. The topological polar surface area (TPSA) is 237 Å². The molecule has 0 heterocycles. The number of aliphatic hydroxyl groups excluding tert-OH is 1. The van der Waals surface area contributed by atoms with Crippen LogP contribution in [0.3, 0.4) is 0 Å². The van der Waals surface area contributed by atoms with E-state index in [1.807, 2.05) is 0 Å². The predicted molar refractivity (Wildman–Crippen MR) is 335 cm³/mol. The van der Waals surface area contributed by atoms with Gasteiger partial charge in [0.2, 0.25) is 0 Å². The zero-order chi connectivity index (χ0) is 62.0. The third-order valence-corrected chi connectivity index (χ3v) is 16.9. The maximum Gasteiger partial charge on any atom is 0.472 e. The van der Waals surface area contributed by atoms with Crippen molar-refractivity contribution < 1.29 is 80.2 Å². The van der Waals surface area contributed by atoms with Crippen LogP contribution in [-0.4, -0.2) is 96.7 Å². The first kappa shape index (κ1) is 82.1.